The molecule has 3 nitrogen and oxygen atoms in total. The summed E-state index contributed by atoms with van der Waals surface area (Å²) < 4.78 is 18.6. The van der Waals surface area contributed by atoms with E-state index in [9.17, 15) is 4.39 Å². The lowest BCUT2D eigenvalue weighted by atomic mass is 10.1. The molecule has 3 aromatic rings. The van der Waals surface area contributed by atoms with Crippen molar-refractivity contribution in [3.63, 3.8) is 0 Å². The number of aromatic nitrogens is 2. The Labute approximate surface area is 150 Å². The highest BCUT2D eigenvalue weighted by molar-refractivity contribution is 6.28. The van der Waals surface area contributed by atoms with Crippen LogP contribution in [0, 0.1) is 5.82 Å². The fourth-order valence-electron chi connectivity index (χ4n) is 2.39. The summed E-state index contributed by atoms with van der Waals surface area (Å²) >= 11 is 6.03. The van der Waals surface area contributed by atoms with E-state index in [4.69, 9.17) is 16.3 Å². The van der Waals surface area contributed by atoms with E-state index in [0.29, 0.717) is 11.5 Å². The molecule has 0 saturated heterocycles. The summed E-state index contributed by atoms with van der Waals surface area (Å²) in [5.74, 6) is 0.962. The van der Waals surface area contributed by atoms with E-state index in [-0.39, 0.29) is 11.1 Å². The molecule has 0 N–H and O–H groups in total. The highest BCUT2D eigenvalue weighted by atomic mass is 35.5. The average Bonchev–Trinajstić information content (AvgIpc) is 2.61. The van der Waals surface area contributed by atoms with Crippen molar-refractivity contribution < 1.29 is 9.13 Å². The van der Waals surface area contributed by atoms with Crippen molar-refractivity contribution >= 4 is 28.1 Å². The first kappa shape index (κ1) is 17.1. The maximum absolute atomic E-state index is 12.9. The molecule has 0 amide bonds. The van der Waals surface area contributed by atoms with Crippen molar-refractivity contribution in [2.75, 3.05) is 0 Å². The Morgan fingerprint density at radius 2 is 1.72 bits per heavy atom. The van der Waals surface area contributed by atoms with Crippen LogP contribution in [0.5, 0.6) is 5.75 Å². The van der Waals surface area contributed by atoms with Gasteiger partial charge in [0, 0.05) is 5.39 Å². The molecule has 0 fully saturated rings. The molecule has 0 aliphatic heterocycles. The van der Waals surface area contributed by atoms with Crippen LogP contribution in [0.3, 0.4) is 0 Å². The minimum Gasteiger partial charge on any atom is -0.462 e. The predicted octanol–water partition coefficient (Wildman–Crippen LogP) is 5.81. The first-order chi connectivity index (χ1) is 12.0. The normalized spacial score (nSPS) is 12.5. The quantitative estimate of drug-likeness (QED) is 0.337. The Morgan fingerprint density at radius 1 is 1.00 bits per heavy atom. The molecule has 126 valence electrons. The van der Waals surface area contributed by atoms with Gasteiger partial charge in [0.25, 0.3) is 0 Å². The number of fused-ring (bicyclic) bond motifs is 1. The Kier molecular flexibility index (Phi) is 5.10. The molecule has 5 heteroatoms. The van der Waals surface area contributed by atoms with Gasteiger partial charge in [-0.25, -0.2) is 14.4 Å². The number of hydrogen-bond donors (Lipinski definition) is 0. The first-order valence-corrected chi connectivity index (χ1v) is 8.12. The first-order valence-electron chi connectivity index (χ1n) is 7.74. The summed E-state index contributed by atoms with van der Waals surface area (Å²) in [6.45, 7) is 3.78. The van der Waals surface area contributed by atoms with Crippen LogP contribution in [-0.2, 0) is 0 Å². The van der Waals surface area contributed by atoms with Crippen LogP contribution in [0.2, 0.25) is 5.28 Å². The zero-order chi connectivity index (χ0) is 17.8. The second-order valence-electron chi connectivity index (χ2n) is 5.54. The van der Waals surface area contributed by atoms with Gasteiger partial charge in [-0.05, 0) is 67.4 Å². The van der Waals surface area contributed by atoms with Gasteiger partial charge in [0.05, 0.1) is 11.2 Å². The standard InChI is InChI=1S/C20H16ClFN2O/c1-13(7-8-14(2)25-16-11-9-15(22)10-12-16)19-17-5-3-4-6-18(17)23-20(21)24-19/h3-12H,1-2H3. The van der Waals surface area contributed by atoms with Crippen molar-refractivity contribution in [2.24, 2.45) is 0 Å². The van der Waals surface area contributed by atoms with Crippen LogP contribution in [0.25, 0.3) is 16.5 Å². The second-order valence-corrected chi connectivity index (χ2v) is 5.88. The molecule has 0 radical (unpaired) electrons. The van der Waals surface area contributed by atoms with Gasteiger partial charge in [0.2, 0.25) is 5.28 Å². The van der Waals surface area contributed by atoms with Gasteiger partial charge in [0.1, 0.15) is 17.3 Å². The highest BCUT2D eigenvalue weighted by Crippen LogP contribution is 2.24. The summed E-state index contributed by atoms with van der Waals surface area (Å²) in [7, 11) is 0. The van der Waals surface area contributed by atoms with Crippen LogP contribution in [0.1, 0.15) is 19.5 Å². The third-order valence-electron chi connectivity index (χ3n) is 3.61. The SMILES string of the molecule is CC(=CC=C(C)c1nc(Cl)nc2ccccc12)Oc1ccc(F)cc1. The zero-order valence-corrected chi connectivity index (χ0v) is 14.6. The number of rotatable bonds is 4. The molecule has 0 unspecified atom stereocenters. The fraction of sp³-hybridized carbons (Fsp3) is 0.100. The highest BCUT2D eigenvalue weighted by Gasteiger charge is 2.07. The minimum atomic E-state index is -0.294. The summed E-state index contributed by atoms with van der Waals surface area (Å²) in [6, 6.07) is 13.6. The molecule has 25 heavy (non-hydrogen) atoms. The van der Waals surface area contributed by atoms with Crippen molar-refractivity contribution in [3.8, 4) is 5.75 Å². The number of para-hydroxylation sites is 1. The van der Waals surface area contributed by atoms with Crippen LogP contribution < -0.4 is 4.74 Å². The fourth-order valence-corrected chi connectivity index (χ4v) is 2.57. The van der Waals surface area contributed by atoms with E-state index in [1.54, 1.807) is 12.1 Å². The third-order valence-corrected chi connectivity index (χ3v) is 3.78. The summed E-state index contributed by atoms with van der Waals surface area (Å²) in [5.41, 5.74) is 2.51. The molecule has 0 bridgehead atoms. The van der Waals surface area contributed by atoms with Gasteiger partial charge in [-0.2, -0.15) is 0 Å². The maximum Gasteiger partial charge on any atom is 0.223 e. The molecule has 2 aromatic carbocycles. The molecule has 3 rings (SSSR count). The molecular formula is C20H16ClFN2O. The number of ether oxygens (including phenoxy) is 1. The second kappa shape index (κ2) is 7.45. The van der Waals surface area contributed by atoms with E-state index < -0.39 is 0 Å². The minimum absolute atomic E-state index is 0.213. The lowest BCUT2D eigenvalue weighted by Gasteiger charge is -2.07. The van der Waals surface area contributed by atoms with E-state index in [2.05, 4.69) is 9.97 Å². The van der Waals surface area contributed by atoms with Crippen LogP contribution in [0.4, 0.5) is 4.39 Å². The van der Waals surface area contributed by atoms with Crippen molar-refractivity contribution in [2.45, 2.75) is 13.8 Å². The van der Waals surface area contributed by atoms with Gasteiger partial charge >= 0.3 is 0 Å². The van der Waals surface area contributed by atoms with Gasteiger partial charge in [0.15, 0.2) is 0 Å². The Balaban J connectivity index is 1.87. The zero-order valence-electron chi connectivity index (χ0n) is 13.8. The van der Waals surface area contributed by atoms with E-state index in [0.717, 1.165) is 22.2 Å². The lowest BCUT2D eigenvalue weighted by molar-refractivity contribution is 0.427. The number of hydrogen-bond acceptors (Lipinski definition) is 3. The summed E-state index contributed by atoms with van der Waals surface area (Å²) in [4.78, 5) is 8.58. The topological polar surface area (TPSA) is 35.0 Å². The van der Waals surface area contributed by atoms with Crippen molar-refractivity contribution in [3.05, 3.63) is 83.2 Å². The van der Waals surface area contributed by atoms with E-state index in [1.165, 1.54) is 12.1 Å². The predicted molar refractivity (Wildman–Crippen MR) is 99.0 cm³/mol. The van der Waals surface area contributed by atoms with Crippen molar-refractivity contribution in [1.82, 2.24) is 9.97 Å². The Morgan fingerprint density at radius 3 is 2.48 bits per heavy atom. The van der Waals surface area contributed by atoms with E-state index in [1.807, 2.05) is 50.3 Å². The van der Waals surface area contributed by atoms with E-state index >= 15 is 0 Å². The molecule has 0 saturated carbocycles. The van der Waals surface area contributed by atoms with Crippen LogP contribution >= 0.6 is 11.6 Å². The van der Waals surface area contributed by atoms with Crippen LogP contribution in [-0.4, -0.2) is 9.97 Å². The monoisotopic (exact) mass is 354 g/mol. The van der Waals surface area contributed by atoms with Gasteiger partial charge in [-0.15, -0.1) is 0 Å². The lowest BCUT2D eigenvalue weighted by Crippen LogP contribution is -1.94. The molecule has 0 atom stereocenters. The Hall–Kier alpha value is -2.72. The number of benzene rings is 2. The number of allylic oxidation sites excluding steroid dienone is 4. The Bertz CT molecular complexity index is 965. The third kappa shape index (κ3) is 4.22. The molecular weight excluding hydrogens is 339 g/mol. The number of halogens is 2. The summed E-state index contributed by atoms with van der Waals surface area (Å²) in [5, 5.41) is 1.15. The molecule has 1 aromatic heterocycles. The van der Waals surface area contributed by atoms with Gasteiger partial charge < -0.3 is 4.74 Å². The molecule has 1 heterocycles. The average molecular weight is 355 g/mol. The maximum atomic E-state index is 12.9. The molecule has 0 spiro atoms. The number of nitrogens with zero attached hydrogens (tertiary/aromatic N) is 2. The molecule has 0 aliphatic rings. The van der Waals surface area contributed by atoms with Gasteiger partial charge in [-0.3, -0.25) is 0 Å². The largest absolute Gasteiger partial charge is 0.462 e. The van der Waals surface area contributed by atoms with Crippen LogP contribution in [0.15, 0.2) is 66.4 Å². The smallest absolute Gasteiger partial charge is 0.223 e. The van der Waals surface area contributed by atoms with Gasteiger partial charge in [-0.1, -0.05) is 24.3 Å². The summed E-state index contributed by atoms with van der Waals surface area (Å²) in [6.07, 6.45) is 3.74. The molecule has 0 aliphatic carbocycles. The van der Waals surface area contributed by atoms with Crippen molar-refractivity contribution in [1.29, 1.82) is 0 Å².